The van der Waals surface area contributed by atoms with Gasteiger partial charge in [-0.05, 0) is 48.4 Å². The van der Waals surface area contributed by atoms with Gasteiger partial charge in [-0.2, -0.15) is 5.10 Å². The van der Waals surface area contributed by atoms with Gasteiger partial charge in [0.15, 0.2) is 0 Å². The summed E-state index contributed by atoms with van der Waals surface area (Å²) in [7, 11) is 0. The summed E-state index contributed by atoms with van der Waals surface area (Å²) >= 11 is 0. The zero-order valence-corrected chi connectivity index (χ0v) is 22.3. The fourth-order valence-electron chi connectivity index (χ4n) is 3.85. The van der Waals surface area contributed by atoms with E-state index < -0.39 is 17.7 Å². The van der Waals surface area contributed by atoms with Crippen molar-refractivity contribution >= 4 is 24.0 Å². The Balaban J connectivity index is 1.54. The molecule has 0 heterocycles. The highest BCUT2D eigenvalue weighted by Crippen LogP contribution is 2.15. The van der Waals surface area contributed by atoms with Crippen molar-refractivity contribution in [3.8, 4) is 5.75 Å². The molecule has 206 valence electrons. The molecule has 2 aromatic rings. The van der Waals surface area contributed by atoms with Crippen LogP contribution in [0.2, 0.25) is 0 Å². The third-order valence-electron chi connectivity index (χ3n) is 6.04. The third kappa shape index (κ3) is 13.1. The molecule has 8 heteroatoms. The quantitative estimate of drug-likeness (QED) is 0.0783. The SMILES string of the molecule is CCCCCCCCCCCCCC(=O)NCC(=O)NN=Cc1ccc(OC(=O)c2ccccc2F)cc1. The van der Waals surface area contributed by atoms with E-state index in [2.05, 4.69) is 22.8 Å². The first-order valence-corrected chi connectivity index (χ1v) is 13.6. The van der Waals surface area contributed by atoms with Crippen LogP contribution in [0.4, 0.5) is 4.39 Å². The highest BCUT2D eigenvalue weighted by atomic mass is 19.1. The Labute approximate surface area is 225 Å². The second-order valence-electron chi connectivity index (χ2n) is 9.29. The molecule has 0 bridgehead atoms. The smallest absolute Gasteiger partial charge is 0.346 e. The molecular formula is C30H40FN3O4. The van der Waals surface area contributed by atoms with Crippen molar-refractivity contribution in [2.75, 3.05) is 6.54 Å². The fourth-order valence-corrected chi connectivity index (χ4v) is 3.85. The number of benzene rings is 2. The normalized spacial score (nSPS) is 10.9. The van der Waals surface area contributed by atoms with Gasteiger partial charge in [-0.15, -0.1) is 0 Å². The number of nitrogens with one attached hydrogen (secondary N) is 2. The van der Waals surface area contributed by atoms with E-state index in [1.165, 1.54) is 87.9 Å². The van der Waals surface area contributed by atoms with E-state index in [4.69, 9.17) is 4.74 Å². The molecule has 0 unspecified atom stereocenters. The predicted octanol–water partition coefficient (Wildman–Crippen LogP) is 6.31. The molecule has 0 aromatic heterocycles. The average Bonchev–Trinajstić information content (AvgIpc) is 2.91. The molecule has 0 spiro atoms. The van der Waals surface area contributed by atoms with E-state index in [0.717, 1.165) is 19.3 Å². The minimum absolute atomic E-state index is 0.138. The lowest BCUT2D eigenvalue weighted by Gasteiger charge is -2.05. The Hall–Kier alpha value is -3.55. The molecule has 7 nitrogen and oxygen atoms in total. The molecule has 0 saturated heterocycles. The molecule has 0 fully saturated rings. The van der Waals surface area contributed by atoms with E-state index in [-0.39, 0.29) is 23.8 Å². The minimum atomic E-state index is -0.790. The van der Waals surface area contributed by atoms with Gasteiger partial charge in [-0.3, -0.25) is 9.59 Å². The number of ether oxygens (including phenoxy) is 1. The van der Waals surface area contributed by atoms with E-state index >= 15 is 0 Å². The number of esters is 1. The lowest BCUT2D eigenvalue weighted by molar-refractivity contribution is -0.126. The van der Waals surface area contributed by atoms with Gasteiger partial charge in [0.05, 0.1) is 18.3 Å². The first-order valence-electron chi connectivity index (χ1n) is 13.6. The van der Waals surface area contributed by atoms with Crippen molar-refractivity contribution in [2.24, 2.45) is 5.10 Å². The van der Waals surface area contributed by atoms with Crippen LogP contribution in [0.3, 0.4) is 0 Å². The Bertz CT molecular complexity index is 1020. The highest BCUT2D eigenvalue weighted by Gasteiger charge is 2.13. The van der Waals surface area contributed by atoms with Crippen LogP contribution in [0, 0.1) is 5.82 Å². The molecule has 0 atom stereocenters. The summed E-state index contributed by atoms with van der Waals surface area (Å²) in [6.45, 7) is 2.09. The number of unbranched alkanes of at least 4 members (excludes halogenated alkanes) is 10. The van der Waals surface area contributed by atoms with Crippen molar-refractivity contribution in [3.05, 3.63) is 65.5 Å². The molecule has 0 radical (unpaired) electrons. The fraction of sp³-hybridized carbons (Fsp3) is 0.467. The zero-order valence-electron chi connectivity index (χ0n) is 22.3. The average molecular weight is 526 g/mol. The van der Waals surface area contributed by atoms with Crippen LogP contribution in [0.5, 0.6) is 5.75 Å². The summed E-state index contributed by atoms with van der Waals surface area (Å²) in [5.41, 5.74) is 2.86. The molecular weight excluding hydrogens is 485 g/mol. The van der Waals surface area contributed by atoms with Crippen LogP contribution in [-0.4, -0.2) is 30.5 Å². The van der Waals surface area contributed by atoms with Crippen LogP contribution >= 0.6 is 0 Å². The number of hydrogen-bond acceptors (Lipinski definition) is 5. The number of rotatable bonds is 18. The first-order chi connectivity index (χ1) is 18.5. The molecule has 2 rings (SSSR count). The molecule has 0 aliphatic carbocycles. The molecule has 2 aromatic carbocycles. The maximum atomic E-state index is 13.7. The van der Waals surface area contributed by atoms with Gasteiger partial charge in [-0.1, -0.05) is 83.3 Å². The standard InChI is InChI=1S/C30H40FN3O4/c1-2-3-4-5-6-7-8-9-10-11-12-17-28(35)32-23-29(36)34-33-22-24-18-20-25(21-19-24)38-30(37)26-15-13-14-16-27(26)31/h13-16,18-22H,2-12,17,23H2,1H3,(H,32,35)(H,34,36). The summed E-state index contributed by atoms with van der Waals surface area (Å²) in [4.78, 5) is 35.9. The molecule has 38 heavy (non-hydrogen) atoms. The van der Waals surface area contributed by atoms with Gasteiger partial charge in [-0.25, -0.2) is 14.6 Å². The van der Waals surface area contributed by atoms with Crippen molar-refractivity contribution in [1.29, 1.82) is 0 Å². The highest BCUT2D eigenvalue weighted by molar-refractivity contribution is 5.91. The molecule has 0 aliphatic heterocycles. The number of amides is 2. The van der Waals surface area contributed by atoms with Crippen molar-refractivity contribution < 1.29 is 23.5 Å². The van der Waals surface area contributed by atoms with Gasteiger partial charge in [0.25, 0.3) is 5.91 Å². The summed E-state index contributed by atoms with van der Waals surface area (Å²) in [5.74, 6) is -1.76. The van der Waals surface area contributed by atoms with Crippen LogP contribution in [-0.2, 0) is 9.59 Å². The first kappa shape index (κ1) is 30.7. The van der Waals surface area contributed by atoms with Crippen LogP contribution in [0.1, 0.15) is 99.9 Å². The second kappa shape index (κ2) is 18.7. The lowest BCUT2D eigenvalue weighted by Crippen LogP contribution is -2.34. The minimum Gasteiger partial charge on any atom is -0.423 e. The Kier molecular flexibility index (Phi) is 15.1. The summed E-state index contributed by atoms with van der Waals surface area (Å²) < 4.78 is 18.9. The summed E-state index contributed by atoms with van der Waals surface area (Å²) in [6.07, 6.45) is 15.3. The maximum Gasteiger partial charge on any atom is 0.346 e. The number of hydrogen-bond donors (Lipinski definition) is 2. The van der Waals surface area contributed by atoms with Crippen LogP contribution < -0.4 is 15.5 Å². The van der Waals surface area contributed by atoms with Gasteiger partial charge in [0.2, 0.25) is 5.91 Å². The number of hydrazone groups is 1. The van der Waals surface area contributed by atoms with Crippen molar-refractivity contribution in [2.45, 2.75) is 84.0 Å². The number of carbonyl (C=O) groups is 3. The maximum absolute atomic E-state index is 13.7. The summed E-state index contributed by atoms with van der Waals surface area (Å²) in [5, 5.41) is 6.48. The lowest BCUT2D eigenvalue weighted by atomic mass is 10.1. The predicted molar refractivity (Wildman–Crippen MR) is 148 cm³/mol. The topological polar surface area (TPSA) is 96.9 Å². The Morgan fingerprint density at radius 1 is 0.816 bits per heavy atom. The molecule has 2 amide bonds. The van der Waals surface area contributed by atoms with Crippen molar-refractivity contribution in [3.63, 3.8) is 0 Å². The van der Waals surface area contributed by atoms with E-state index in [0.29, 0.717) is 12.0 Å². The number of carbonyl (C=O) groups excluding carboxylic acids is 3. The molecule has 2 N–H and O–H groups in total. The van der Waals surface area contributed by atoms with Gasteiger partial charge in [0, 0.05) is 6.42 Å². The van der Waals surface area contributed by atoms with Crippen LogP contribution in [0.15, 0.2) is 53.6 Å². The Morgan fingerprint density at radius 3 is 2.05 bits per heavy atom. The summed E-state index contributed by atoms with van der Waals surface area (Å²) in [6, 6.07) is 11.9. The van der Waals surface area contributed by atoms with Crippen LogP contribution in [0.25, 0.3) is 0 Å². The Morgan fingerprint density at radius 2 is 1.42 bits per heavy atom. The van der Waals surface area contributed by atoms with E-state index in [1.807, 2.05) is 0 Å². The van der Waals surface area contributed by atoms with E-state index in [1.54, 1.807) is 18.2 Å². The number of halogens is 1. The van der Waals surface area contributed by atoms with E-state index in [9.17, 15) is 18.8 Å². The zero-order chi connectivity index (χ0) is 27.4. The van der Waals surface area contributed by atoms with Gasteiger partial charge in [0.1, 0.15) is 11.6 Å². The molecule has 0 aliphatic rings. The number of nitrogens with zero attached hydrogens (tertiary/aromatic N) is 1. The van der Waals surface area contributed by atoms with Crippen molar-refractivity contribution in [1.82, 2.24) is 10.7 Å². The largest absolute Gasteiger partial charge is 0.423 e. The van der Waals surface area contributed by atoms with Gasteiger partial charge >= 0.3 is 5.97 Å². The molecule has 0 saturated carbocycles. The third-order valence-corrected chi connectivity index (χ3v) is 6.04. The second-order valence-corrected chi connectivity index (χ2v) is 9.29. The monoisotopic (exact) mass is 525 g/mol. The van der Waals surface area contributed by atoms with Gasteiger partial charge < -0.3 is 10.1 Å².